The maximum absolute atomic E-state index is 14.9. The van der Waals surface area contributed by atoms with E-state index >= 15 is 0 Å². The number of aromatic nitrogens is 3. The standard InChI is InChI=1S/C30H24ClF2N5O4.H2S/c31-21-9-17(12-34)1-4-27(21)42-16-25-22(32)2-3-24(35-25)18-5-7-37(13-18)15-28-36-29-23(33)10-19(30(39)40)11-26(29)38(28)14-20-6-8-41-20;/h1-5,9-11,20H,6-8,13-16H2,(H,39,40);1H2/t20-;/m0./s1. The highest BCUT2D eigenvalue weighted by molar-refractivity contribution is 7.59. The van der Waals surface area contributed by atoms with E-state index in [1.165, 1.54) is 18.2 Å². The summed E-state index contributed by atoms with van der Waals surface area (Å²) in [5, 5.41) is 18.7. The third-order valence-corrected chi connectivity index (χ3v) is 7.64. The van der Waals surface area contributed by atoms with Gasteiger partial charge in [0.2, 0.25) is 0 Å². The van der Waals surface area contributed by atoms with Crippen LogP contribution < -0.4 is 4.74 Å². The maximum Gasteiger partial charge on any atom is 0.335 e. The van der Waals surface area contributed by atoms with Gasteiger partial charge in [-0.2, -0.15) is 18.8 Å². The minimum absolute atomic E-state index is 0. The summed E-state index contributed by atoms with van der Waals surface area (Å²) in [4.78, 5) is 22.7. The van der Waals surface area contributed by atoms with Crippen molar-refractivity contribution in [1.82, 2.24) is 19.4 Å². The number of nitriles is 1. The van der Waals surface area contributed by atoms with Crippen LogP contribution >= 0.6 is 25.1 Å². The first-order chi connectivity index (χ1) is 20.3. The molecule has 2 aliphatic rings. The van der Waals surface area contributed by atoms with E-state index in [0.717, 1.165) is 18.1 Å². The number of rotatable bonds is 9. The van der Waals surface area contributed by atoms with Gasteiger partial charge in [-0.25, -0.2) is 23.5 Å². The van der Waals surface area contributed by atoms with Gasteiger partial charge in [0, 0.05) is 19.7 Å². The molecular weight excluding hydrogens is 600 g/mol. The monoisotopic (exact) mass is 625 g/mol. The molecule has 4 heterocycles. The predicted octanol–water partition coefficient (Wildman–Crippen LogP) is 5.31. The summed E-state index contributed by atoms with van der Waals surface area (Å²) >= 11 is 6.17. The van der Waals surface area contributed by atoms with Gasteiger partial charge in [-0.15, -0.1) is 0 Å². The number of benzene rings is 2. The van der Waals surface area contributed by atoms with Crippen LogP contribution in [-0.4, -0.2) is 56.3 Å². The molecule has 4 aromatic rings. The Hall–Kier alpha value is -4.02. The smallest absolute Gasteiger partial charge is 0.335 e. The van der Waals surface area contributed by atoms with E-state index in [-0.39, 0.29) is 48.0 Å². The van der Waals surface area contributed by atoms with Crippen molar-refractivity contribution in [3.8, 4) is 11.8 Å². The SMILES string of the molecule is N#Cc1ccc(OCc2nc(C3=CCN(Cc4nc5c(F)cc(C(=O)O)cc5n4C[C@@H]4CCO4)C3)ccc2F)c(Cl)c1.S. The summed E-state index contributed by atoms with van der Waals surface area (Å²) in [6.45, 7) is 2.37. The molecule has 2 aromatic carbocycles. The van der Waals surface area contributed by atoms with E-state index in [1.54, 1.807) is 18.2 Å². The van der Waals surface area contributed by atoms with Crippen molar-refractivity contribution >= 4 is 47.7 Å². The molecule has 1 saturated heterocycles. The van der Waals surface area contributed by atoms with Crippen molar-refractivity contribution in [3.05, 3.63) is 93.5 Å². The van der Waals surface area contributed by atoms with Crippen molar-refractivity contribution in [2.24, 2.45) is 0 Å². The lowest BCUT2D eigenvalue weighted by molar-refractivity contribution is -0.0591. The lowest BCUT2D eigenvalue weighted by Crippen LogP contribution is -2.32. The molecule has 0 saturated carbocycles. The number of halogens is 3. The van der Waals surface area contributed by atoms with Gasteiger partial charge < -0.3 is 19.1 Å². The van der Waals surface area contributed by atoms with Gasteiger partial charge in [0.15, 0.2) is 5.82 Å². The van der Waals surface area contributed by atoms with E-state index in [2.05, 4.69) is 14.9 Å². The second-order valence-corrected chi connectivity index (χ2v) is 10.5. The van der Waals surface area contributed by atoms with Crippen LogP contribution in [0.5, 0.6) is 5.75 Å². The third kappa shape index (κ3) is 6.35. The van der Waals surface area contributed by atoms with Crippen molar-refractivity contribution in [3.63, 3.8) is 0 Å². The number of carbonyl (C=O) groups is 1. The normalized spacial score (nSPS) is 16.3. The van der Waals surface area contributed by atoms with E-state index in [1.807, 2.05) is 16.7 Å². The van der Waals surface area contributed by atoms with Gasteiger partial charge in [0.25, 0.3) is 0 Å². The second kappa shape index (κ2) is 12.7. The number of aromatic carboxylic acids is 1. The zero-order valence-electron chi connectivity index (χ0n) is 22.7. The summed E-state index contributed by atoms with van der Waals surface area (Å²) in [7, 11) is 0. The quantitative estimate of drug-likeness (QED) is 0.266. The predicted molar refractivity (Wildman–Crippen MR) is 159 cm³/mol. The lowest BCUT2D eigenvalue weighted by Gasteiger charge is -2.28. The number of pyridine rings is 1. The number of nitrogens with zero attached hydrogens (tertiary/aromatic N) is 5. The highest BCUT2D eigenvalue weighted by atomic mass is 35.5. The Balaban J connectivity index is 0.00000368. The largest absolute Gasteiger partial charge is 0.486 e. The minimum atomic E-state index is -1.21. The van der Waals surface area contributed by atoms with Crippen LogP contribution in [-0.2, 0) is 24.4 Å². The lowest BCUT2D eigenvalue weighted by atomic mass is 10.1. The molecule has 1 N–H and O–H groups in total. The summed E-state index contributed by atoms with van der Waals surface area (Å²) in [5.41, 5.74) is 2.37. The molecule has 0 radical (unpaired) electrons. The number of ether oxygens (including phenoxy) is 2. The first-order valence-electron chi connectivity index (χ1n) is 13.2. The minimum Gasteiger partial charge on any atom is -0.486 e. The molecular formula is C30H26ClF2N5O4S. The first kappa shape index (κ1) is 30.4. The summed E-state index contributed by atoms with van der Waals surface area (Å²) in [6.07, 6.45) is 2.80. The van der Waals surface area contributed by atoms with Gasteiger partial charge in [-0.3, -0.25) is 4.90 Å². The van der Waals surface area contributed by atoms with Crippen LogP contribution in [0.15, 0.2) is 48.5 Å². The Morgan fingerprint density at radius 2 is 2.00 bits per heavy atom. The summed E-state index contributed by atoms with van der Waals surface area (Å²) in [6, 6.07) is 12.0. The van der Waals surface area contributed by atoms with Gasteiger partial charge in [-0.1, -0.05) is 17.7 Å². The molecule has 222 valence electrons. The molecule has 9 nitrogen and oxygen atoms in total. The van der Waals surface area contributed by atoms with Crippen molar-refractivity contribution in [1.29, 1.82) is 5.26 Å². The number of hydrogen-bond acceptors (Lipinski definition) is 7. The fraction of sp³-hybridized carbons (Fsp3) is 0.267. The van der Waals surface area contributed by atoms with Crippen molar-refractivity contribution in [2.75, 3.05) is 19.7 Å². The maximum atomic E-state index is 14.9. The zero-order chi connectivity index (χ0) is 29.4. The highest BCUT2D eigenvalue weighted by Crippen LogP contribution is 2.29. The van der Waals surface area contributed by atoms with E-state index in [9.17, 15) is 18.7 Å². The van der Waals surface area contributed by atoms with Crippen LogP contribution in [0, 0.1) is 23.0 Å². The molecule has 13 heteroatoms. The molecule has 43 heavy (non-hydrogen) atoms. The topological polar surface area (TPSA) is 114 Å². The Morgan fingerprint density at radius 3 is 2.70 bits per heavy atom. The molecule has 0 amide bonds. The van der Waals surface area contributed by atoms with Gasteiger partial charge in [0.05, 0.1) is 52.6 Å². The molecule has 6 rings (SSSR count). The zero-order valence-corrected chi connectivity index (χ0v) is 24.4. The van der Waals surface area contributed by atoms with Crippen LogP contribution in [0.25, 0.3) is 16.6 Å². The number of carboxylic acids is 1. The van der Waals surface area contributed by atoms with Gasteiger partial charge >= 0.3 is 5.97 Å². The molecule has 0 aliphatic carbocycles. The average Bonchev–Trinajstić information content (AvgIpc) is 3.55. The van der Waals surface area contributed by atoms with E-state index < -0.39 is 17.6 Å². The number of hydrogen-bond donors (Lipinski definition) is 1. The molecule has 0 unspecified atom stereocenters. The first-order valence-corrected chi connectivity index (χ1v) is 13.6. The number of carboxylic acid groups (broad SMARTS) is 1. The van der Waals surface area contributed by atoms with E-state index in [4.69, 9.17) is 26.3 Å². The van der Waals surface area contributed by atoms with Gasteiger partial charge in [0.1, 0.15) is 35.2 Å². The van der Waals surface area contributed by atoms with Gasteiger partial charge in [-0.05, 0) is 54.5 Å². The average molecular weight is 626 g/mol. The Kier molecular flexibility index (Phi) is 8.98. The molecule has 2 aliphatic heterocycles. The van der Waals surface area contributed by atoms with Crippen molar-refractivity contribution in [2.45, 2.75) is 32.2 Å². The second-order valence-electron chi connectivity index (χ2n) is 10.1. The fourth-order valence-corrected chi connectivity index (χ4v) is 5.26. The van der Waals surface area contributed by atoms with Crippen LogP contribution in [0.2, 0.25) is 5.02 Å². The highest BCUT2D eigenvalue weighted by Gasteiger charge is 2.26. The van der Waals surface area contributed by atoms with Crippen LogP contribution in [0.1, 0.15) is 39.6 Å². The number of imidazole rings is 1. The van der Waals surface area contributed by atoms with Crippen molar-refractivity contribution < 1.29 is 28.2 Å². The summed E-state index contributed by atoms with van der Waals surface area (Å²) in [5.74, 6) is -1.51. The van der Waals surface area contributed by atoms with Crippen LogP contribution in [0.3, 0.4) is 0 Å². The molecule has 2 aromatic heterocycles. The van der Waals surface area contributed by atoms with E-state index in [0.29, 0.717) is 61.1 Å². The van der Waals surface area contributed by atoms with Crippen LogP contribution in [0.4, 0.5) is 8.78 Å². The molecule has 1 atom stereocenters. The Bertz CT molecular complexity index is 1790. The molecule has 0 bridgehead atoms. The molecule has 0 spiro atoms. The Morgan fingerprint density at radius 1 is 1.19 bits per heavy atom. The molecule has 1 fully saturated rings. The number of fused-ring (bicyclic) bond motifs is 1. The Labute approximate surface area is 257 Å². The summed E-state index contributed by atoms with van der Waals surface area (Å²) < 4.78 is 42.6. The fourth-order valence-electron chi connectivity index (χ4n) is 5.02. The third-order valence-electron chi connectivity index (χ3n) is 7.34.